The summed E-state index contributed by atoms with van der Waals surface area (Å²) in [5, 5.41) is 5.13. The van der Waals surface area contributed by atoms with E-state index in [0.717, 1.165) is 18.2 Å². The SMILES string of the molecule is COc1cc(S(=O)(=O)Nc2ccccc2F)cc(C(=O)NCCNC(=O)c2ccco2)c1OC. The second-order valence-electron chi connectivity index (χ2n) is 6.78. The predicted octanol–water partition coefficient (Wildman–Crippen LogP) is 2.40. The normalized spacial score (nSPS) is 10.9. The molecule has 0 saturated heterocycles. The zero-order chi connectivity index (χ0) is 24.7. The van der Waals surface area contributed by atoms with Crippen LogP contribution in [0.4, 0.5) is 10.1 Å². The number of ether oxygens (including phenoxy) is 2. The molecule has 34 heavy (non-hydrogen) atoms. The summed E-state index contributed by atoms with van der Waals surface area (Å²) in [7, 11) is -1.71. The van der Waals surface area contributed by atoms with Crippen molar-refractivity contribution in [3.63, 3.8) is 0 Å². The van der Waals surface area contributed by atoms with E-state index in [9.17, 15) is 22.4 Å². The van der Waals surface area contributed by atoms with Crippen LogP contribution in [0.3, 0.4) is 0 Å². The van der Waals surface area contributed by atoms with Crippen molar-refractivity contribution in [2.75, 3.05) is 32.0 Å². The number of benzene rings is 2. The number of hydrogen-bond acceptors (Lipinski definition) is 7. The van der Waals surface area contributed by atoms with E-state index < -0.39 is 27.7 Å². The minimum atomic E-state index is -4.28. The summed E-state index contributed by atoms with van der Waals surface area (Å²) < 4.78 is 57.3. The Balaban J connectivity index is 1.79. The lowest BCUT2D eigenvalue weighted by Gasteiger charge is -2.16. The molecular weight excluding hydrogens is 469 g/mol. The Kier molecular flexibility index (Phi) is 7.74. The van der Waals surface area contributed by atoms with E-state index in [2.05, 4.69) is 15.4 Å². The molecule has 1 heterocycles. The molecular formula is C22H22FN3O7S. The van der Waals surface area contributed by atoms with Crippen LogP contribution in [0.2, 0.25) is 0 Å². The molecule has 3 aromatic rings. The fraction of sp³-hybridized carbons (Fsp3) is 0.182. The number of hydrogen-bond donors (Lipinski definition) is 3. The van der Waals surface area contributed by atoms with Gasteiger partial charge in [-0.2, -0.15) is 0 Å². The Morgan fingerprint density at radius 2 is 1.68 bits per heavy atom. The molecule has 0 unspecified atom stereocenters. The van der Waals surface area contributed by atoms with Gasteiger partial charge >= 0.3 is 0 Å². The third-order valence-electron chi connectivity index (χ3n) is 4.57. The van der Waals surface area contributed by atoms with E-state index in [0.29, 0.717) is 0 Å². The van der Waals surface area contributed by atoms with Gasteiger partial charge in [-0.1, -0.05) is 12.1 Å². The Labute approximate surface area is 195 Å². The molecule has 0 fully saturated rings. The van der Waals surface area contributed by atoms with Crippen molar-refractivity contribution in [3.05, 3.63) is 71.9 Å². The molecule has 10 nitrogen and oxygen atoms in total. The molecule has 0 bridgehead atoms. The molecule has 180 valence electrons. The number of halogens is 1. The maximum absolute atomic E-state index is 14.0. The first-order chi connectivity index (χ1) is 16.3. The minimum Gasteiger partial charge on any atom is -0.493 e. The standard InChI is InChI=1S/C22H22FN3O7S/c1-31-19-13-14(34(29,30)26-17-7-4-3-6-16(17)23)12-15(20(19)32-2)21(27)24-9-10-25-22(28)18-8-5-11-33-18/h3-8,11-13,26H,9-10H2,1-2H3,(H,24,27)(H,25,28). The van der Waals surface area contributed by atoms with Crippen LogP contribution in [0.15, 0.2) is 64.1 Å². The van der Waals surface area contributed by atoms with E-state index in [4.69, 9.17) is 13.9 Å². The molecule has 1 aromatic heterocycles. The molecule has 0 aliphatic heterocycles. The average molecular weight is 491 g/mol. The van der Waals surface area contributed by atoms with Crippen LogP contribution in [0, 0.1) is 5.82 Å². The molecule has 12 heteroatoms. The topological polar surface area (TPSA) is 136 Å². The number of furan rings is 1. The summed E-state index contributed by atoms with van der Waals surface area (Å²) in [6, 6.07) is 10.6. The first-order valence-corrected chi connectivity index (χ1v) is 11.4. The number of rotatable bonds is 10. The quantitative estimate of drug-likeness (QED) is 0.371. The average Bonchev–Trinajstić information content (AvgIpc) is 3.37. The number of carbonyl (C=O) groups excluding carboxylic acids is 2. The van der Waals surface area contributed by atoms with Crippen LogP contribution in [0.1, 0.15) is 20.9 Å². The van der Waals surface area contributed by atoms with Crippen molar-refractivity contribution in [1.29, 1.82) is 0 Å². The third kappa shape index (κ3) is 5.64. The van der Waals surface area contributed by atoms with Crippen LogP contribution < -0.4 is 24.8 Å². The van der Waals surface area contributed by atoms with Gasteiger partial charge in [0.25, 0.3) is 21.8 Å². The Bertz CT molecular complexity index is 1280. The molecule has 0 aliphatic carbocycles. The number of carbonyl (C=O) groups is 2. The van der Waals surface area contributed by atoms with E-state index in [1.165, 1.54) is 44.7 Å². The van der Waals surface area contributed by atoms with Crippen molar-refractivity contribution in [1.82, 2.24) is 10.6 Å². The molecule has 0 saturated carbocycles. The van der Waals surface area contributed by atoms with Crippen LogP contribution in [-0.2, 0) is 10.0 Å². The molecule has 3 N–H and O–H groups in total. The van der Waals surface area contributed by atoms with E-state index in [1.807, 2.05) is 0 Å². The monoisotopic (exact) mass is 491 g/mol. The second kappa shape index (κ2) is 10.7. The van der Waals surface area contributed by atoms with E-state index >= 15 is 0 Å². The van der Waals surface area contributed by atoms with Crippen LogP contribution in [0.25, 0.3) is 0 Å². The van der Waals surface area contributed by atoms with Crippen LogP contribution >= 0.6 is 0 Å². The predicted molar refractivity (Wildman–Crippen MR) is 120 cm³/mol. The van der Waals surface area contributed by atoms with Crippen molar-refractivity contribution in [3.8, 4) is 11.5 Å². The van der Waals surface area contributed by atoms with E-state index in [1.54, 1.807) is 6.07 Å². The highest BCUT2D eigenvalue weighted by Crippen LogP contribution is 2.35. The highest BCUT2D eigenvalue weighted by Gasteiger charge is 2.25. The zero-order valence-corrected chi connectivity index (χ0v) is 19.1. The van der Waals surface area contributed by atoms with Crippen molar-refractivity contribution in [2.24, 2.45) is 0 Å². The van der Waals surface area contributed by atoms with Gasteiger partial charge in [-0.15, -0.1) is 0 Å². The molecule has 2 amide bonds. The van der Waals surface area contributed by atoms with Crippen molar-refractivity contribution >= 4 is 27.5 Å². The number of para-hydroxylation sites is 1. The summed E-state index contributed by atoms with van der Waals surface area (Å²) in [5.41, 5.74) is -0.385. The fourth-order valence-electron chi connectivity index (χ4n) is 2.95. The van der Waals surface area contributed by atoms with Gasteiger partial charge < -0.3 is 24.5 Å². The Hall–Kier alpha value is -4.06. The maximum atomic E-state index is 14.0. The number of sulfonamides is 1. The highest BCUT2D eigenvalue weighted by atomic mass is 32.2. The lowest BCUT2D eigenvalue weighted by Crippen LogP contribution is -2.34. The van der Waals surface area contributed by atoms with E-state index in [-0.39, 0.29) is 46.5 Å². The molecule has 0 atom stereocenters. The van der Waals surface area contributed by atoms with Gasteiger partial charge in [-0.3, -0.25) is 14.3 Å². The third-order valence-corrected chi connectivity index (χ3v) is 5.91. The summed E-state index contributed by atoms with van der Waals surface area (Å²) in [6.07, 6.45) is 1.36. The van der Waals surface area contributed by atoms with Gasteiger partial charge in [-0.25, -0.2) is 12.8 Å². The van der Waals surface area contributed by atoms with Gasteiger partial charge in [-0.05, 0) is 30.3 Å². The molecule has 0 spiro atoms. The highest BCUT2D eigenvalue weighted by molar-refractivity contribution is 7.92. The summed E-state index contributed by atoms with van der Waals surface area (Å²) in [6.45, 7) is 0.110. The van der Waals surface area contributed by atoms with Crippen LogP contribution in [0.5, 0.6) is 11.5 Å². The Morgan fingerprint density at radius 1 is 0.971 bits per heavy atom. The largest absolute Gasteiger partial charge is 0.493 e. The van der Waals surface area contributed by atoms with Gasteiger partial charge in [0.05, 0.1) is 36.6 Å². The lowest BCUT2D eigenvalue weighted by molar-refractivity contribution is 0.0909. The van der Waals surface area contributed by atoms with Gasteiger partial charge in [0, 0.05) is 19.2 Å². The first kappa shape index (κ1) is 24.6. The number of amides is 2. The lowest BCUT2D eigenvalue weighted by atomic mass is 10.1. The Morgan fingerprint density at radius 3 is 2.29 bits per heavy atom. The summed E-state index contributed by atoms with van der Waals surface area (Å²) in [5.74, 6) is -1.78. The maximum Gasteiger partial charge on any atom is 0.287 e. The first-order valence-electron chi connectivity index (χ1n) is 9.90. The van der Waals surface area contributed by atoms with Crippen molar-refractivity contribution in [2.45, 2.75) is 4.90 Å². The molecule has 3 rings (SSSR count). The summed E-state index contributed by atoms with van der Waals surface area (Å²) in [4.78, 5) is 24.3. The van der Waals surface area contributed by atoms with Gasteiger partial charge in [0.15, 0.2) is 17.3 Å². The molecule has 0 aliphatic rings. The smallest absolute Gasteiger partial charge is 0.287 e. The fourth-order valence-corrected chi connectivity index (χ4v) is 4.06. The molecule has 2 aromatic carbocycles. The van der Waals surface area contributed by atoms with Crippen molar-refractivity contribution < 1.29 is 36.3 Å². The molecule has 0 radical (unpaired) electrons. The zero-order valence-electron chi connectivity index (χ0n) is 18.3. The van der Waals surface area contributed by atoms with Gasteiger partial charge in [0.1, 0.15) is 5.82 Å². The van der Waals surface area contributed by atoms with Gasteiger partial charge in [0.2, 0.25) is 0 Å². The van der Waals surface area contributed by atoms with Crippen LogP contribution in [-0.4, -0.2) is 47.5 Å². The second-order valence-corrected chi connectivity index (χ2v) is 8.46. The minimum absolute atomic E-state index is 0.00413. The number of anilines is 1. The number of methoxy groups -OCH3 is 2. The summed E-state index contributed by atoms with van der Waals surface area (Å²) >= 11 is 0. The number of nitrogens with one attached hydrogen (secondary N) is 3.